The number of ether oxygens (including phenoxy) is 1. The van der Waals surface area contributed by atoms with Crippen LogP contribution in [-0.4, -0.2) is 5.97 Å². The average molecular weight is 290 g/mol. The maximum Gasteiger partial charge on any atom is 0.340 e. The van der Waals surface area contributed by atoms with E-state index in [-0.39, 0.29) is 6.61 Å². The van der Waals surface area contributed by atoms with E-state index in [9.17, 15) is 4.79 Å². The molecule has 2 aromatic rings. The van der Waals surface area contributed by atoms with Crippen LogP contribution >= 0.6 is 11.6 Å². The van der Waals surface area contributed by atoms with E-state index in [4.69, 9.17) is 22.1 Å². The third-order valence-corrected chi connectivity index (χ3v) is 3.41. The maximum absolute atomic E-state index is 12.0. The molecule has 0 bridgehead atoms. The molecule has 0 aliphatic rings. The fourth-order valence-corrected chi connectivity index (χ4v) is 2.02. The molecule has 0 aliphatic carbocycles. The molecule has 0 fully saturated rings. The Morgan fingerprint density at radius 1 is 1.15 bits per heavy atom. The Kier molecular flexibility index (Phi) is 4.30. The van der Waals surface area contributed by atoms with Crippen LogP contribution in [0.25, 0.3) is 0 Å². The first-order chi connectivity index (χ1) is 9.47. The number of carbonyl (C=O) groups excluding carboxylic acids is 1. The van der Waals surface area contributed by atoms with Gasteiger partial charge in [-0.05, 0) is 48.7 Å². The van der Waals surface area contributed by atoms with E-state index in [1.807, 2.05) is 32.0 Å². The van der Waals surface area contributed by atoms with Crippen LogP contribution in [-0.2, 0) is 11.3 Å². The molecular formula is C16H16ClNO2. The van der Waals surface area contributed by atoms with Gasteiger partial charge < -0.3 is 10.5 Å². The van der Waals surface area contributed by atoms with Gasteiger partial charge in [0.15, 0.2) is 0 Å². The molecule has 2 N–H and O–H groups in total. The van der Waals surface area contributed by atoms with Crippen molar-refractivity contribution in [2.24, 2.45) is 0 Å². The normalized spacial score (nSPS) is 10.3. The summed E-state index contributed by atoms with van der Waals surface area (Å²) in [4.78, 5) is 12.0. The summed E-state index contributed by atoms with van der Waals surface area (Å²) < 4.78 is 5.27. The lowest BCUT2D eigenvalue weighted by Crippen LogP contribution is -2.08. The number of aryl methyl sites for hydroxylation is 2. The van der Waals surface area contributed by atoms with Gasteiger partial charge in [-0.15, -0.1) is 0 Å². The number of carbonyl (C=O) groups is 1. The molecule has 3 nitrogen and oxygen atoms in total. The number of nitrogen functional groups attached to an aromatic ring is 1. The Morgan fingerprint density at radius 3 is 2.55 bits per heavy atom. The molecule has 0 spiro atoms. The Bertz CT molecular complexity index is 653. The fourth-order valence-electron chi connectivity index (χ4n) is 1.84. The van der Waals surface area contributed by atoms with Crippen molar-refractivity contribution in [2.75, 3.05) is 5.73 Å². The van der Waals surface area contributed by atoms with Crippen LogP contribution in [0.1, 0.15) is 27.0 Å². The third-order valence-electron chi connectivity index (χ3n) is 3.17. The smallest absolute Gasteiger partial charge is 0.340 e. The lowest BCUT2D eigenvalue weighted by atomic mass is 10.1. The second kappa shape index (κ2) is 5.97. The number of benzene rings is 2. The van der Waals surface area contributed by atoms with Crippen LogP contribution in [0.2, 0.25) is 5.02 Å². The van der Waals surface area contributed by atoms with Gasteiger partial charge in [0.1, 0.15) is 6.61 Å². The first kappa shape index (κ1) is 14.4. The van der Waals surface area contributed by atoms with E-state index >= 15 is 0 Å². The molecule has 104 valence electrons. The van der Waals surface area contributed by atoms with Crippen molar-refractivity contribution >= 4 is 23.3 Å². The fraction of sp³-hybridized carbons (Fsp3) is 0.188. The van der Waals surface area contributed by atoms with Crippen LogP contribution in [0.15, 0.2) is 36.4 Å². The van der Waals surface area contributed by atoms with E-state index in [1.165, 1.54) is 17.2 Å². The van der Waals surface area contributed by atoms with Crippen molar-refractivity contribution < 1.29 is 9.53 Å². The lowest BCUT2D eigenvalue weighted by Gasteiger charge is -2.08. The molecular weight excluding hydrogens is 274 g/mol. The molecule has 0 amide bonds. The predicted molar refractivity (Wildman–Crippen MR) is 80.9 cm³/mol. The quantitative estimate of drug-likeness (QED) is 0.689. The van der Waals surface area contributed by atoms with Crippen LogP contribution in [0.4, 0.5) is 5.69 Å². The molecule has 0 radical (unpaired) electrons. The van der Waals surface area contributed by atoms with E-state index in [1.54, 1.807) is 12.1 Å². The summed E-state index contributed by atoms with van der Waals surface area (Å²) in [5, 5.41) is 0.494. The summed E-state index contributed by atoms with van der Waals surface area (Å²) in [5.41, 5.74) is 9.74. The zero-order valence-corrected chi connectivity index (χ0v) is 12.2. The van der Waals surface area contributed by atoms with E-state index < -0.39 is 5.97 Å². The second-order valence-electron chi connectivity index (χ2n) is 4.73. The largest absolute Gasteiger partial charge is 0.457 e. The molecule has 0 aromatic heterocycles. The first-order valence-electron chi connectivity index (χ1n) is 6.25. The number of halogens is 1. The lowest BCUT2D eigenvalue weighted by molar-refractivity contribution is 0.0474. The van der Waals surface area contributed by atoms with Gasteiger partial charge in [0.2, 0.25) is 0 Å². The molecule has 0 unspecified atom stereocenters. The number of esters is 1. The highest BCUT2D eigenvalue weighted by molar-refractivity contribution is 6.31. The Hall–Kier alpha value is -2.00. The van der Waals surface area contributed by atoms with E-state index in [0.717, 1.165) is 5.56 Å². The molecule has 20 heavy (non-hydrogen) atoms. The second-order valence-corrected chi connectivity index (χ2v) is 5.16. The van der Waals surface area contributed by atoms with Crippen molar-refractivity contribution in [2.45, 2.75) is 20.5 Å². The van der Waals surface area contributed by atoms with Crippen molar-refractivity contribution in [1.82, 2.24) is 0 Å². The van der Waals surface area contributed by atoms with Gasteiger partial charge in [0, 0.05) is 10.7 Å². The first-order valence-corrected chi connectivity index (χ1v) is 6.63. The van der Waals surface area contributed by atoms with Gasteiger partial charge in [-0.25, -0.2) is 4.79 Å². The van der Waals surface area contributed by atoms with Gasteiger partial charge >= 0.3 is 5.97 Å². The minimum Gasteiger partial charge on any atom is -0.457 e. The highest BCUT2D eigenvalue weighted by Gasteiger charge is 2.11. The number of rotatable bonds is 3. The molecule has 0 saturated carbocycles. The van der Waals surface area contributed by atoms with E-state index in [2.05, 4.69) is 0 Å². The van der Waals surface area contributed by atoms with Crippen molar-refractivity contribution in [3.8, 4) is 0 Å². The highest BCUT2D eigenvalue weighted by atomic mass is 35.5. The minimum atomic E-state index is -0.447. The van der Waals surface area contributed by atoms with Crippen LogP contribution in [0.5, 0.6) is 0 Å². The molecule has 2 rings (SSSR count). The predicted octanol–water partition coefficient (Wildman–Crippen LogP) is 3.90. The topological polar surface area (TPSA) is 52.3 Å². The summed E-state index contributed by atoms with van der Waals surface area (Å²) in [6.07, 6.45) is 0. The monoisotopic (exact) mass is 289 g/mol. The zero-order chi connectivity index (χ0) is 14.7. The number of nitrogens with two attached hydrogens (primary N) is 1. The van der Waals surface area contributed by atoms with Gasteiger partial charge in [0.25, 0.3) is 0 Å². The van der Waals surface area contributed by atoms with Gasteiger partial charge in [-0.1, -0.05) is 29.8 Å². The van der Waals surface area contributed by atoms with Crippen molar-refractivity contribution in [3.63, 3.8) is 0 Å². The Morgan fingerprint density at radius 2 is 1.90 bits per heavy atom. The average Bonchev–Trinajstić information content (AvgIpc) is 2.40. The molecule has 0 aliphatic heterocycles. The standard InChI is InChI=1S/C16H16ClNO2/c1-10-3-4-12(7-11(10)2)9-20-16(19)14-6-5-13(17)8-15(14)18/h3-8H,9,18H2,1-2H3. The van der Waals surface area contributed by atoms with Crippen molar-refractivity contribution in [1.29, 1.82) is 0 Å². The molecule has 4 heteroatoms. The maximum atomic E-state index is 12.0. The van der Waals surface area contributed by atoms with Gasteiger partial charge in [-0.2, -0.15) is 0 Å². The Balaban J connectivity index is 2.06. The van der Waals surface area contributed by atoms with Gasteiger partial charge in [-0.3, -0.25) is 0 Å². The van der Waals surface area contributed by atoms with Crippen LogP contribution in [0, 0.1) is 13.8 Å². The molecule has 0 atom stereocenters. The molecule has 0 heterocycles. The van der Waals surface area contributed by atoms with Gasteiger partial charge in [0.05, 0.1) is 5.56 Å². The summed E-state index contributed by atoms with van der Waals surface area (Å²) >= 11 is 5.79. The zero-order valence-electron chi connectivity index (χ0n) is 11.4. The summed E-state index contributed by atoms with van der Waals surface area (Å²) in [6.45, 7) is 4.29. The number of hydrogen-bond acceptors (Lipinski definition) is 3. The highest BCUT2D eigenvalue weighted by Crippen LogP contribution is 2.19. The minimum absolute atomic E-state index is 0.224. The number of anilines is 1. The van der Waals surface area contributed by atoms with E-state index in [0.29, 0.717) is 16.3 Å². The number of hydrogen-bond donors (Lipinski definition) is 1. The van der Waals surface area contributed by atoms with Crippen LogP contribution < -0.4 is 5.73 Å². The third kappa shape index (κ3) is 3.31. The SMILES string of the molecule is Cc1ccc(COC(=O)c2ccc(Cl)cc2N)cc1C. The molecule has 2 aromatic carbocycles. The summed E-state index contributed by atoms with van der Waals surface area (Å²) in [5.74, 6) is -0.447. The summed E-state index contributed by atoms with van der Waals surface area (Å²) in [6, 6.07) is 10.7. The van der Waals surface area contributed by atoms with Crippen LogP contribution in [0.3, 0.4) is 0 Å². The Labute approximate surface area is 123 Å². The molecule has 0 saturated heterocycles. The van der Waals surface area contributed by atoms with Crippen molar-refractivity contribution in [3.05, 3.63) is 63.7 Å². The summed E-state index contributed by atoms with van der Waals surface area (Å²) in [7, 11) is 0.